The second kappa shape index (κ2) is 13.2. The highest BCUT2D eigenvalue weighted by Gasteiger charge is 2.23. The predicted octanol–water partition coefficient (Wildman–Crippen LogP) is 6.18. The SMILES string of the molecule is CCCCCCCCn1nnc(C(CC)C(=NN)Nc2cccc3cc(SCC)ccc23)n1. The van der Waals surface area contributed by atoms with E-state index < -0.39 is 0 Å². The third kappa shape index (κ3) is 6.93. The van der Waals surface area contributed by atoms with Gasteiger partial charge in [-0.2, -0.15) is 9.90 Å². The molecule has 0 fully saturated rings. The van der Waals surface area contributed by atoms with Crippen molar-refractivity contribution >= 4 is 34.1 Å². The molecule has 3 N–H and O–H groups in total. The molecule has 7 nitrogen and oxygen atoms in total. The third-order valence-corrected chi connectivity index (χ3v) is 6.67. The lowest BCUT2D eigenvalue weighted by molar-refractivity contribution is 0.472. The van der Waals surface area contributed by atoms with Gasteiger partial charge in [0.2, 0.25) is 0 Å². The molecule has 178 valence electrons. The minimum absolute atomic E-state index is 0.140. The van der Waals surface area contributed by atoms with E-state index in [-0.39, 0.29) is 5.92 Å². The van der Waals surface area contributed by atoms with Crippen LogP contribution in [0.3, 0.4) is 0 Å². The van der Waals surface area contributed by atoms with E-state index in [0.29, 0.717) is 11.7 Å². The van der Waals surface area contributed by atoms with Gasteiger partial charge in [-0.1, -0.05) is 71.1 Å². The average Bonchev–Trinajstić information content (AvgIpc) is 3.29. The van der Waals surface area contributed by atoms with Crippen molar-refractivity contribution < 1.29 is 0 Å². The summed E-state index contributed by atoms with van der Waals surface area (Å²) in [6, 6.07) is 12.8. The molecular formula is C25H37N7S. The highest BCUT2D eigenvalue weighted by atomic mass is 32.2. The summed E-state index contributed by atoms with van der Waals surface area (Å²) >= 11 is 1.84. The molecule has 0 saturated carbocycles. The number of thioether (sulfide) groups is 1. The van der Waals surface area contributed by atoms with Gasteiger partial charge in [0.15, 0.2) is 5.82 Å². The number of nitrogens with zero attached hydrogens (tertiary/aromatic N) is 5. The van der Waals surface area contributed by atoms with E-state index in [1.54, 1.807) is 4.80 Å². The Morgan fingerprint density at radius 3 is 2.67 bits per heavy atom. The monoisotopic (exact) mass is 467 g/mol. The van der Waals surface area contributed by atoms with Crippen molar-refractivity contribution in [1.82, 2.24) is 20.2 Å². The molecule has 0 radical (unpaired) electrons. The minimum Gasteiger partial charge on any atom is -0.341 e. The Balaban J connectivity index is 1.69. The fourth-order valence-corrected chi connectivity index (χ4v) is 4.70. The molecule has 1 aromatic heterocycles. The molecule has 33 heavy (non-hydrogen) atoms. The maximum absolute atomic E-state index is 5.83. The summed E-state index contributed by atoms with van der Waals surface area (Å²) in [5.41, 5.74) is 0.975. The summed E-state index contributed by atoms with van der Waals surface area (Å²) in [5.74, 6) is 8.04. The quantitative estimate of drug-likeness (QED) is 0.0779. The molecular weight excluding hydrogens is 430 g/mol. The van der Waals surface area contributed by atoms with Crippen molar-refractivity contribution in [3.8, 4) is 0 Å². The van der Waals surface area contributed by atoms with E-state index in [4.69, 9.17) is 5.84 Å². The van der Waals surface area contributed by atoms with Crippen LogP contribution in [-0.2, 0) is 6.54 Å². The first-order valence-corrected chi connectivity index (χ1v) is 13.2. The van der Waals surface area contributed by atoms with Gasteiger partial charge in [-0.25, -0.2) is 0 Å². The van der Waals surface area contributed by atoms with Gasteiger partial charge in [0.1, 0.15) is 5.84 Å². The maximum Gasteiger partial charge on any atom is 0.185 e. The third-order valence-electron chi connectivity index (χ3n) is 5.79. The molecule has 0 amide bonds. The molecule has 2 aromatic carbocycles. The van der Waals surface area contributed by atoms with Crippen molar-refractivity contribution in [2.75, 3.05) is 11.1 Å². The number of aryl methyl sites for hydroxylation is 1. The number of nitrogens with one attached hydrogen (secondary N) is 1. The van der Waals surface area contributed by atoms with Crippen molar-refractivity contribution in [3.05, 3.63) is 42.2 Å². The molecule has 0 aliphatic heterocycles. The number of benzene rings is 2. The van der Waals surface area contributed by atoms with E-state index >= 15 is 0 Å². The summed E-state index contributed by atoms with van der Waals surface area (Å²) in [6.07, 6.45) is 8.19. The van der Waals surface area contributed by atoms with Crippen LogP contribution >= 0.6 is 11.8 Å². The average molecular weight is 468 g/mol. The van der Waals surface area contributed by atoms with Gasteiger partial charge in [-0.3, -0.25) is 0 Å². The number of anilines is 1. The first-order chi connectivity index (χ1) is 16.2. The van der Waals surface area contributed by atoms with Gasteiger partial charge < -0.3 is 11.2 Å². The lowest BCUT2D eigenvalue weighted by Gasteiger charge is -2.17. The highest BCUT2D eigenvalue weighted by molar-refractivity contribution is 7.99. The standard InChI is InChI=1S/C25H37N7S/c1-4-7-8-9-10-11-17-32-30-25(29-31-32)21(5-2)24(28-26)27-23-14-12-13-19-18-20(33-6-3)15-16-22(19)23/h12-16,18,21H,4-11,17,26H2,1-3H3,(H,27,28). The molecule has 0 bridgehead atoms. The van der Waals surface area contributed by atoms with E-state index in [9.17, 15) is 0 Å². The number of hydrazone groups is 1. The van der Waals surface area contributed by atoms with Crippen LogP contribution in [0.1, 0.15) is 77.5 Å². The number of rotatable bonds is 13. The summed E-state index contributed by atoms with van der Waals surface area (Å²) in [4.78, 5) is 2.98. The van der Waals surface area contributed by atoms with Crippen LogP contribution in [0, 0.1) is 0 Å². The van der Waals surface area contributed by atoms with Crippen LogP contribution in [0.2, 0.25) is 0 Å². The molecule has 1 unspecified atom stereocenters. The number of fused-ring (bicyclic) bond motifs is 1. The van der Waals surface area contributed by atoms with Crippen LogP contribution in [-0.4, -0.2) is 31.8 Å². The summed E-state index contributed by atoms with van der Waals surface area (Å²) in [6.45, 7) is 7.28. The van der Waals surface area contributed by atoms with Crippen LogP contribution in [0.4, 0.5) is 5.69 Å². The molecule has 1 heterocycles. The van der Waals surface area contributed by atoms with Gasteiger partial charge in [-0.05, 0) is 47.4 Å². The summed E-state index contributed by atoms with van der Waals surface area (Å²) in [7, 11) is 0. The fraction of sp³-hybridized carbons (Fsp3) is 0.520. The molecule has 0 aliphatic carbocycles. The normalized spacial score (nSPS) is 12.9. The molecule has 0 aliphatic rings. The zero-order valence-corrected chi connectivity index (χ0v) is 20.9. The summed E-state index contributed by atoms with van der Waals surface area (Å²) in [5, 5.41) is 23.1. The molecule has 3 rings (SSSR count). The van der Waals surface area contributed by atoms with Crippen molar-refractivity contribution in [1.29, 1.82) is 0 Å². The first-order valence-electron chi connectivity index (χ1n) is 12.2. The molecule has 1 atom stereocenters. The smallest absolute Gasteiger partial charge is 0.185 e. The first kappa shape index (κ1) is 25.0. The molecule has 8 heteroatoms. The Bertz CT molecular complexity index is 1030. The Hall–Kier alpha value is -2.61. The number of aromatic nitrogens is 4. The lowest BCUT2D eigenvalue weighted by Crippen LogP contribution is -2.24. The number of unbranched alkanes of at least 4 members (excludes halogenated alkanes) is 5. The number of hydrogen-bond acceptors (Lipinski definition) is 6. The zero-order chi connectivity index (χ0) is 23.5. The lowest BCUT2D eigenvalue weighted by atomic mass is 10.0. The number of tetrazole rings is 1. The zero-order valence-electron chi connectivity index (χ0n) is 20.1. The second-order valence-electron chi connectivity index (χ2n) is 8.23. The largest absolute Gasteiger partial charge is 0.341 e. The van der Waals surface area contributed by atoms with Gasteiger partial charge in [-0.15, -0.1) is 22.0 Å². The highest BCUT2D eigenvalue weighted by Crippen LogP contribution is 2.29. The predicted molar refractivity (Wildman–Crippen MR) is 140 cm³/mol. The van der Waals surface area contributed by atoms with Gasteiger partial charge in [0, 0.05) is 16.0 Å². The van der Waals surface area contributed by atoms with E-state index in [1.807, 2.05) is 11.8 Å². The Kier molecular flexibility index (Phi) is 10.00. The maximum atomic E-state index is 5.83. The van der Waals surface area contributed by atoms with Crippen molar-refractivity contribution in [2.45, 2.75) is 83.1 Å². The second-order valence-corrected chi connectivity index (χ2v) is 9.57. The van der Waals surface area contributed by atoms with Crippen LogP contribution in [0.15, 0.2) is 46.4 Å². The number of hydrogen-bond donors (Lipinski definition) is 2. The van der Waals surface area contributed by atoms with E-state index in [2.05, 4.69) is 83.0 Å². The Labute approximate surface area is 201 Å². The van der Waals surface area contributed by atoms with E-state index in [0.717, 1.165) is 36.2 Å². The Morgan fingerprint density at radius 2 is 1.91 bits per heavy atom. The van der Waals surface area contributed by atoms with Crippen molar-refractivity contribution in [2.24, 2.45) is 10.9 Å². The van der Waals surface area contributed by atoms with Crippen molar-refractivity contribution in [3.63, 3.8) is 0 Å². The minimum atomic E-state index is -0.140. The van der Waals surface area contributed by atoms with Gasteiger partial charge in [0.25, 0.3) is 0 Å². The Morgan fingerprint density at radius 1 is 1.09 bits per heavy atom. The van der Waals surface area contributed by atoms with Crippen LogP contribution in [0.5, 0.6) is 0 Å². The molecule has 3 aromatic rings. The molecule has 0 spiro atoms. The summed E-state index contributed by atoms with van der Waals surface area (Å²) < 4.78 is 0. The van der Waals surface area contributed by atoms with E-state index in [1.165, 1.54) is 42.4 Å². The van der Waals surface area contributed by atoms with Gasteiger partial charge >= 0.3 is 0 Å². The topological polar surface area (TPSA) is 94.0 Å². The fourth-order valence-electron chi connectivity index (χ4n) is 4.00. The van der Waals surface area contributed by atoms with Gasteiger partial charge in [0.05, 0.1) is 12.5 Å². The number of amidine groups is 1. The molecule has 0 saturated heterocycles. The van der Waals surface area contributed by atoms with Crippen LogP contribution in [0.25, 0.3) is 10.8 Å². The van der Waals surface area contributed by atoms with Crippen LogP contribution < -0.4 is 11.2 Å². The number of nitrogens with two attached hydrogens (primary N) is 1.